The molecule has 1 aromatic carbocycles. The van der Waals surface area contributed by atoms with Crippen LogP contribution >= 0.6 is 15.9 Å². The van der Waals surface area contributed by atoms with Crippen LogP contribution in [0.5, 0.6) is 0 Å². The molecular weight excluding hydrogens is 268 g/mol. The van der Waals surface area contributed by atoms with Gasteiger partial charge in [-0.25, -0.2) is 5.43 Å². The third kappa shape index (κ3) is 2.16. The number of rotatable bonds is 3. The minimum Gasteiger partial charge on any atom is -0.275 e. The Kier molecular flexibility index (Phi) is 3.38. The van der Waals surface area contributed by atoms with Crippen LogP contribution in [0.2, 0.25) is 0 Å². The quantitative estimate of drug-likeness (QED) is 0.665. The molecule has 0 aliphatic rings. The minimum absolute atomic E-state index is 0.100. The Bertz CT molecular complexity index is 480. The molecule has 3 N–H and O–H groups in total. The lowest BCUT2D eigenvalue weighted by Gasteiger charge is -2.15. The maximum atomic E-state index is 5.59. The van der Waals surface area contributed by atoms with Crippen LogP contribution in [-0.2, 0) is 7.05 Å². The van der Waals surface area contributed by atoms with E-state index in [2.05, 4.69) is 26.5 Å². The Labute approximate surface area is 103 Å². The van der Waals surface area contributed by atoms with Crippen LogP contribution in [0, 0.1) is 0 Å². The molecule has 2 aromatic rings. The summed E-state index contributed by atoms with van der Waals surface area (Å²) in [5.74, 6) is 5.59. The highest BCUT2D eigenvalue weighted by molar-refractivity contribution is 9.10. The Hall–Kier alpha value is -1.17. The van der Waals surface area contributed by atoms with Gasteiger partial charge in [0.15, 0.2) is 0 Å². The van der Waals surface area contributed by atoms with E-state index in [1.807, 2.05) is 43.6 Å². The normalized spacial score (nSPS) is 12.7. The van der Waals surface area contributed by atoms with Crippen molar-refractivity contribution in [2.45, 2.75) is 6.04 Å². The predicted octanol–water partition coefficient (Wildman–Crippen LogP) is 1.74. The van der Waals surface area contributed by atoms with Crippen LogP contribution in [0.15, 0.2) is 41.0 Å². The maximum absolute atomic E-state index is 5.59. The van der Waals surface area contributed by atoms with Crippen molar-refractivity contribution in [2.75, 3.05) is 0 Å². The van der Waals surface area contributed by atoms with Gasteiger partial charge in [0.05, 0.1) is 11.7 Å². The molecule has 0 amide bonds. The Morgan fingerprint density at radius 2 is 2.12 bits per heavy atom. The molecule has 84 valence electrons. The van der Waals surface area contributed by atoms with Crippen molar-refractivity contribution in [2.24, 2.45) is 12.9 Å². The number of hydrogen-bond acceptors (Lipinski definition) is 3. The van der Waals surface area contributed by atoms with E-state index in [0.717, 1.165) is 15.7 Å². The second-order valence-corrected chi connectivity index (χ2v) is 4.39. The van der Waals surface area contributed by atoms with Crippen LogP contribution in [-0.4, -0.2) is 9.78 Å². The van der Waals surface area contributed by atoms with Crippen LogP contribution < -0.4 is 11.3 Å². The third-order valence-electron chi connectivity index (χ3n) is 2.41. The van der Waals surface area contributed by atoms with E-state index >= 15 is 0 Å². The lowest BCUT2D eigenvalue weighted by atomic mass is 10.1. The van der Waals surface area contributed by atoms with Crippen molar-refractivity contribution < 1.29 is 0 Å². The lowest BCUT2D eigenvalue weighted by molar-refractivity contribution is 0.602. The summed E-state index contributed by atoms with van der Waals surface area (Å²) < 4.78 is 2.78. The average molecular weight is 281 g/mol. The Balaban J connectivity index is 2.40. The fourth-order valence-corrected chi connectivity index (χ4v) is 2.14. The molecule has 16 heavy (non-hydrogen) atoms. The summed E-state index contributed by atoms with van der Waals surface area (Å²) in [5.41, 5.74) is 4.76. The van der Waals surface area contributed by atoms with Gasteiger partial charge in [-0.3, -0.25) is 10.5 Å². The number of aromatic nitrogens is 2. The van der Waals surface area contributed by atoms with Crippen molar-refractivity contribution >= 4 is 15.9 Å². The van der Waals surface area contributed by atoms with Crippen LogP contribution in [0.3, 0.4) is 0 Å². The molecule has 0 saturated carbocycles. The van der Waals surface area contributed by atoms with Gasteiger partial charge in [-0.15, -0.1) is 0 Å². The molecule has 0 aliphatic carbocycles. The highest BCUT2D eigenvalue weighted by Gasteiger charge is 2.16. The fourth-order valence-electron chi connectivity index (χ4n) is 1.63. The van der Waals surface area contributed by atoms with Gasteiger partial charge in [-0.1, -0.05) is 34.1 Å². The molecule has 0 bridgehead atoms. The van der Waals surface area contributed by atoms with Gasteiger partial charge < -0.3 is 0 Å². The van der Waals surface area contributed by atoms with Crippen LogP contribution in [0.1, 0.15) is 17.3 Å². The Morgan fingerprint density at radius 3 is 2.69 bits per heavy atom. The summed E-state index contributed by atoms with van der Waals surface area (Å²) in [4.78, 5) is 0. The summed E-state index contributed by atoms with van der Waals surface area (Å²) in [5, 5.41) is 4.35. The van der Waals surface area contributed by atoms with Gasteiger partial charge in [-0.05, 0) is 17.7 Å². The molecule has 0 radical (unpaired) electrons. The van der Waals surface area contributed by atoms with E-state index in [9.17, 15) is 0 Å². The average Bonchev–Trinajstić information content (AvgIpc) is 2.69. The van der Waals surface area contributed by atoms with Crippen molar-refractivity contribution in [3.05, 3.63) is 52.3 Å². The monoisotopic (exact) mass is 280 g/mol. The predicted molar refractivity (Wildman–Crippen MR) is 66.5 cm³/mol. The first-order chi connectivity index (χ1) is 7.72. The number of nitrogens with one attached hydrogen (secondary N) is 1. The molecule has 1 atom stereocenters. The van der Waals surface area contributed by atoms with Gasteiger partial charge in [0.2, 0.25) is 0 Å². The van der Waals surface area contributed by atoms with Crippen LogP contribution in [0.4, 0.5) is 0 Å². The summed E-state index contributed by atoms with van der Waals surface area (Å²) in [6, 6.07) is 9.81. The molecule has 0 saturated heterocycles. The first kappa shape index (κ1) is 11.3. The molecule has 2 rings (SSSR count). The van der Waals surface area contributed by atoms with Crippen molar-refractivity contribution in [1.29, 1.82) is 0 Å². The van der Waals surface area contributed by atoms with Crippen LogP contribution in [0.25, 0.3) is 0 Å². The molecule has 0 fully saturated rings. The highest BCUT2D eigenvalue weighted by atomic mass is 79.9. The summed E-state index contributed by atoms with van der Waals surface area (Å²) in [7, 11) is 1.89. The fraction of sp³-hybridized carbons (Fsp3) is 0.182. The van der Waals surface area contributed by atoms with Crippen molar-refractivity contribution in [3.8, 4) is 0 Å². The van der Waals surface area contributed by atoms with E-state index in [-0.39, 0.29) is 6.04 Å². The largest absolute Gasteiger partial charge is 0.275 e. The second kappa shape index (κ2) is 4.78. The first-order valence-electron chi connectivity index (χ1n) is 4.92. The first-order valence-corrected chi connectivity index (χ1v) is 5.72. The number of aryl methyl sites for hydroxylation is 1. The molecule has 1 heterocycles. The van der Waals surface area contributed by atoms with Gasteiger partial charge in [0, 0.05) is 17.7 Å². The van der Waals surface area contributed by atoms with Gasteiger partial charge >= 0.3 is 0 Å². The minimum atomic E-state index is -0.100. The molecule has 0 spiro atoms. The van der Waals surface area contributed by atoms with Crippen molar-refractivity contribution in [1.82, 2.24) is 15.2 Å². The number of hydrogen-bond donors (Lipinski definition) is 2. The number of benzene rings is 1. The van der Waals surface area contributed by atoms with Gasteiger partial charge in [0.25, 0.3) is 0 Å². The molecule has 0 aliphatic heterocycles. The smallest absolute Gasteiger partial charge is 0.0910 e. The highest BCUT2D eigenvalue weighted by Crippen LogP contribution is 2.26. The van der Waals surface area contributed by atoms with E-state index in [1.54, 1.807) is 4.68 Å². The molecule has 5 heteroatoms. The summed E-state index contributed by atoms with van der Waals surface area (Å²) in [6.45, 7) is 0. The van der Waals surface area contributed by atoms with Crippen molar-refractivity contribution in [3.63, 3.8) is 0 Å². The number of nitrogens with two attached hydrogens (primary N) is 1. The van der Waals surface area contributed by atoms with E-state index < -0.39 is 0 Å². The van der Waals surface area contributed by atoms with Gasteiger partial charge in [-0.2, -0.15) is 5.10 Å². The van der Waals surface area contributed by atoms with E-state index in [4.69, 9.17) is 5.84 Å². The number of nitrogens with zero attached hydrogens (tertiary/aromatic N) is 2. The molecular formula is C11H13BrN4. The SMILES string of the molecule is Cn1ccc(C(NN)c2ccccc2Br)n1. The summed E-state index contributed by atoms with van der Waals surface area (Å²) in [6.07, 6.45) is 1.90. The topological polar surface area (TPSA) is 55.9 Å². The maximum Gasteiger partial charge on any atom is 0.0910 e. The second-order valence-electron chi connectivity index (χ2n) is 3.54. The zero-order valence-electron chi connectivity index (χ0n) is 8.89. The molecule has 1 aromatic heterocycles. The third-order valence-corrected chi connectivity index (χ3v) is 3.14. The Morgan fingerprint density at radius 1 is 1.38 bits per heavy atom. The van der Waals surface area contributed by atoms with E-state index in [1.165, 1.54) is 0 Å². The van der Waals surface area contributed by atoms with E-state index in [0.29, 0.717) is 0 Å². The zero-order valence-corrected chi connectivity index (χ0v) is 10.5. The number of hydrazine groups is 1. The molecule has 4 nitrogen and oxygen atoms in total. The number of halogens is 1. The zero-order chi connectivity index (χ0) is 11.5. The molecule has 1 unspecified atom stereocenters. The summed E-state index contributed by atoms with van der Waals surface area (Å²) >= 11 is 3.51. The standard InChI is InChI=1S/C11H13BrN4/c1-16-7-6-10(15-16)11(14-13)8-4-2-3-5-9(8)12/h2-7,11,14H,13H2,1H3. The lowest BCUT2D eigenvalue weighted by Crippen LogP contribution is -2.29. The van der Waals surface area contributed by atoms with Gasteiger partial charge in [0.1, 0.15) is 0 Å².